The van der Waals surface area contributed by atoms with Gasteiger partial charge in [0.2, 0.25) is 12.2 Å². The summed E-state index contributed by atoms with van der Waals surface area (Å²) in [7, 11) is 2.42. The molecule has 0 aliphatic carbocycles. The summed E-state index contributed by atoms with van der Waals surface area (Å²) in [5.41, 5.74) is -1.21. The van der Waals surface area contributed by atoms with Crippen molar-refractivity contribution < 1.29 is 67.2 Å². The maximum atomic E-state index is 13.4. The summed E-state index contributed by atoms with van der Waals surface area (Å²) in [5, 5.41) is 23.4. The first-order chi connectivity index (χ1) is 22.2. The lowest BCUT2D eigenvalue weighted by molar-refractivity contribution is -0.384. The molecular formula is C30H26N2O15. The first-order valence-electron chi connectivity index (χ1n) is 13.2. The lowest BCUT2D eigenvalue weighted by atomic mass is 10.1. The average Bonchev–Trinajstić information content (AvgIpc) is 3.02. The van der Waals surface area contributed by atoms with Crippen molar-refractivity contribution in [3.05, 3.63) is 81.9 Å². The number of carboxylic acids is 1. The lowest BCUT2D eigenvalue weighted by Gasteiger charge is -2.24. The number of benzene rings is 3. The molecule has 0 spiro atoms. The largest absolute Gasteiger partial charge is 0.493 e. The van der Waals surface area contributed by atoms with Gasteiger partial charge in [0.15, 0.2) is 23.0 Å². The molecule has 0 saturated heterocycles. The zero-order chi connectivity index (χ0) is 34.8. The normalized spacial score (nSPS) is 11.6. The number of ether oxygens (including phenoxy) is 6. The number of esters is 4. The van der Waals surface area contributed by atoms with E-state index in [-0.39, 0.29) is 39.8 Å². The first-order valence-corrected chi connectivity index (χ1v) is 13.2. The molecule has 2 N–H and O–H groups in total. The average molecular weight is 655 g/mol. The van der Waals surface area contributed by atoms with Crippen LogP contribution in [0.25, 0.3) is 0 Å². The molecule has 3 rings (SSSR count). The maximum Gasteiger partial charge on any atom is 0.349 e. The number of nitrogens with zero attached hydrogens (tertiary/aromatic N) is 1. The molecule has 0 bridgehead atoms. The molecule has 1 amide bonds. The highest BCUT2D eigenvalue weighted by atomic mass is 16.6. The molecule has 3 aromatic rings. The topological polar surface area (TPSA) is 233 Å². The van der Waals surface area contributed by atoms with Crippen LogP contribution in [0.15, 0.2) is 60.7 Å². The SMILES string of the molecule is COc1cc(C(=O)O[C@H](C(=O)O)[C@@H](OC(=O)c2ccc(OC(C)=O)c(OC)c2)C(=O)Nc2cccc([N+](=O)[O-])c2)ccc1OC(C)=O. The molecule has 0 radical (unpaired) electrons. The number of carbonyl (C=O) groups excluding carboxylic acids is 5. The number of nitro benzene ring substituents is 1. The van der Waals surface area contributed by atoms with Crippen LogP contribution in [0.5, 0.6) is 23.0 Å². The second kappa shape index (κ2) is 15.5. The molecule has 0 aliphatic rings. The van der Waals surface area contributed by atoms with Crippen LogP contribution < -0.4 is 24.3 Å². The van der Waals surface area contributed by atoms with E-state index >= 15 is 0 Å². The van der Waals surface area contributed by atoms with Crippen LogP contribution in [0.4, 0.5) is 11.4 Å². The third-order valence-electron chi connectivity index (χ3n) is 5.88. The number of anilines is 1. The zero-order valence-electron chi connectivity index (χ0n) is 25.0. The summed E-state index contributed by atoms with van der Waals surface area (Å²) < 4.78 is 30.5. The zero-order valence-corrected chi connectivity index (χ0v) is 25.0. The summed E-state index contributed by atoms with van der Waals surface area (Å²) in [6.45, 7) is 2.26. The van der Waals surface area contributed by atoms with Gasteiger partial charge in [-0.3, -0.25) is 24.5 Å². The Kier molecular flexibility index (Phi) is 11.5. The summed E-state index contributed by atoms with van der Waals surface area (Å²) in [6, 6.07) is 11.3. The highest BCUT2D eigenvalue weighted by Gasteiger charge is 2.41. The highest BCUT2D eigenvalue weighted by Crippen LogP contribution is 2.30. The number of amides is 1. The third kappa shape index (κ3) is 9.24. The number of aliphatic carboxylic acids is 1. The van der Waals surface area contributed by atoms with Gasteiger partial charge >= 0.3 is 29.8 Å². The Bertz CT molecular complexity index is 1740. The van der Waals surface area contributed by atoms with E-state index in [1.54, 1.807) is 0 Å². The van der Waals surface area contributed by atoms with Gasteiger partial charge in [-0.2, -0.15) is 0 Å². The molecule has 0 aliphatic heterocycles. The molecule has 2 atom stereocenters. The van der Waals surface area contributed by atoms with Crippen molar-refractivity contribution in [1.82, 2.24) is 0 Å². The van der Waals surface area contributed by atoms with Crippen molar-refractivity contribution in [3.8, 4) is 23.0 Å². The van der Waals surface area contributed by atoms with Gasteiger partial charge in [-0.05, 0) is 42.5 Å². The molecule has 17 nitrogen and oxygen atoms in total. The van der Waals surface area contributed by atoms with Crippen LogP contribution >= 0.6 is 0 Å². The van der Waals surface area contributed by atoms with Crippen LogP contribution in [0.1, 0.15) is 34.6 Å². The smallest absolute Gasteiger partial charge is 0.349 e. The summed E-state index contributed by atoms with van der Waals surface area (Å²) >= 11 is 0. The number of hydrogen-bond acceptors (Lipinski definition) is 14. The molecule has 0 saturated carbocycles. The van der Waals surface area contributed by atoms with E-state index < -0.39 is 58.6 Å². The Morgan fingerprint density at radius 2 is 1.21 bits per heavy atom. The predicted octanol–water partition coefficient (Wildman–Crippen LogP) is 2.94. The molecule has 3 aromatic carbocycles. The minimum absolute atomic E-state index is 0.0652. The molecule has 0 unspecified atom stereocenters. The van der Waals surface area contributed by atoms with E-state index in [2.05, 4.69) is 5.32 Å². The summed E-state index contributed by atoms with van der Waals surface area (Å²) in [6.07, 6.45) is -4.86. The summed E-state index contributed by atoms with van der Waals surface area (Å²) in [4.78, 5) is 85.3. The first kappa shape index (κ1) is 35.0. The quantitative estimate of drug-likeness (QED) is 0.117. The van der Waals surface area contributed by atoms with Crippen molar-refractivity contribution >= 4 is 47.1 Å². The predicted molar refractivity (Wildman–Crippen MR) is 156 cm³/mol. The second-order valence-electron chi connectivity index (χ2n) is 9.21. The third-order valence-corrected chi connectivity index (χ3v) is 5.88. The number of rotatable bonds is 13. The number of methoxy groups -OCH3 is 2. The number of nitrogens with one attached hydrogen (secondary N) is 1. The summed E-state index contributed by atoms with van der Waals surface area (Å²) in [5.74, 6) is -7.59. The lowest BCUT2D eigenvalue weighted by Crippen LogP contribution is -2.48. The standard InChI is InChI=1S/C30H26N2O15/c1-15(33)44-21-10-8-17(12-23(21)42-3)29(38)46-25(27(35)31-19-6-5-7-20(14-19)32(40)41)26(28(36)37)47-30(39)18-9-11-22(45-16(2)34)24(13-18)43-4/h5-14,25-26H,1-4H3,(H,31,35)(H,36,37)/t25-,26+/m1/s1. The fourth-order valence-corrected chi connectivity index (χ4v) is 3.84. The monoisotopic (exact) mass is 654 g/mol. The number of hydrogen-bond donors (Lipinski definition) is 2. The van der Waals surface area contributed by atoms with Crippen molar-refractivity contribution in [1.29, 1.82) is 0 Å². The van der Waals surface area contributed by atoms with Crippen LogP contribution in [-0.2, 0) is 28.7 Å². The van der Waals surface area contributed by atoms with E-state index in [0.29, 0.717) is 0 Å². The second-order valence-corrected chi connectivity index (χ2v) is 9.21. The molecular weight excluding hydrogens is 628 g/mol. The van der Waals surface area contributed by atoms with E-state index in [1.165, 1.54) is 38.5 Å². The minimum Gasteiger partial charge on any atom is -0.493 e. The number of non-ortho nitro benzene ring substituents is 1. The van der Waals surface area contributed by atoms with Gasteiger partial charge in [-0.1, -0.05) is 6.07 Å². The van der Waals surface area contributed by atoms with Gasteiger partial charge in [0, 0.05) is 31.7 Å². The Morgan fingerprint density at radius 1 is 0.723 bits per heavy atom. The Hall–Kier alpha value is -6.52. The van der Waals surface area contributed by atoms with Crippen LogP contribution in [-0.4, -0.2) is 72.2 Å². The number of carbonyl (C=O) groups is 6. The van der Waals surface area contributed by atoms with Crippen LogP contribution in [0, 0.1) is 10.1 Å². The van der Waals surface area contributed by atoms with Crippen molar-refractivity contribution in [2.45, 2.75) is 26.1 Å². The van der Waals surface area contributed by atoms with E-state index in [0.717, 1.165) is 50.2 Å². The molecule has 246 valence electrons. The van der Waals surface area contributed by atoms with Crippen LogP contribution in [0.2, 0.25) is 0 Å². The highest BCUT2D eigenvalue weighted by molar-refractivity contribution is 6.02. The molecule has 0 fully saturated rings. The van der Waals surface area contributed by atoms with Gasteiger partial charge in [0.1, 0.15) is 0 Å². The van der Waals surface area contributed by atoms with Crippen molar-refractivity contribution in [3.63, 3.8) is 0 Å². The molecule has 0 heterocycles. The Balaban J connectivity index is 2.00. The molecule has 0 aromatic heterocycles. The Labute approximate surface area is 265 Å². The van der Waals surface area contributed by atoms with Gasteiger partial charge in [0.25, 0.3) is 11.6 Å². The fraction of sp³-hybridized carbons (Fsp3) is 0.200. The van der Waals surface area contributed by atoms with Gasteiger partial charge in [-0.25, -0.2) is 14.4 Å². The van der Waals surface area contributed by atoms with Crippen LogP contribution in [0.3, 0.4) is 0 Å². The molecule has 17 heteroatoms. The van der Waals surface area contributed by atoms with E-state index in [1.807, 2.05) is 0 Å². The number of carboxylic acid groups (broad SMARTS) is 1. The van der Waals surface area contributed by atoms with Crippen molar-refractivity contribution in [2.75, 3.05) is 19.5 Å². The van der Waals surface area contributed by atoms with Gasteiger partial charge in [0.05, 0.1) is 30.3 Å². The van der Waals surface area contributed by atoms with E-state index in [9.17, 15) is 44.0 Å². The van der Waals surface area contributed by atoms with Gasteiger partial charge < -0.3 is 38.8 Å². The fourth-order valence-electron chi connectivity index (χ4n) is 3.84. The Morgan fingerprint density at radius 3 is 1.64 bits per heavy atom. The maximum absolute atomic E-state index is 13.4. The van der Waals surface area contributed by atoms with Gasteiger partial charge in [-0.15, -0.1) is 0 Å². The van der Waals surface area contributed by atoms with E-state index in [4.69, 9.17) is 28.4 Å². The number of nitro groups is 1. The van der Waals surface area contributed by atoms with Crippen molar-refractivity contribution in [2.24, 2.45) is 0 Å². The molecule has 47 heavy (non-hydrogen) atoms. The minimum atomic E-state index is -2.48.